The van der Waals surface area contributed by atoms with Crippen molar-refractivity contribution in [2.24, 2.45) is 5.92 Å². The topological polar surface area (TPSA) is 68.1 Å². The van der Waals surface area contributed by atoms with Gasteiger partial charge in [0.15, 0.2) is 0 Å². The van der Waals surface area contributed by atoms with E-state index in [0.717, 1.165) is 43.6 Å². The third kappa shape index (κ3) is 3.65. The normalized spacial score (nSPS) is 20.9. The predicted molar refractivity (Wildman–Crippen MR) is 104 cm³/mol. The maximum atomic E-state index is 13.4. The minimum absolute atomic E-state index is 0.254. The smallest absolute Gasteiger partial charge is 0.248 e. The second-order valence-corrected chi connectivity index (χ2v) is 7.52. The average Bonchev–Trinajstić information content (AvgIpc) is 3.36. The van der Waals surface area contributed by atoms with E-state index < -0.39 is 11.6 Å². The quantitative estimate of drug-likeness (QED) is 0.728. The molecule has 2 fully saturated rings. The zero-order chi connectivity index (χ0) is 20.0. The molecule has 7 nitrogen and oxygen atoms in total. The van der Waals surface area contributed by atoms with Gasteiger partial charge in [-0.3, -0.25) is 0 Å². The van der Waals surface area contributed by atoms with Crippen molar-refractivity contribution in [1.29, 1.82) is 0 Å². The van der Waals surface area contributed by atoms with Crippen LogP contribution in [0.5, 0.6) is 0 Å². The van der Waals surface area contributed by atoms with Gasteiger partial charge in [0.2, 0.25) is 5.95 Å². The lowest BCUT2D eigenvalue weighted by Crippen LogP contribution is -2.24. The second-order valence-electron chi connectivity index (χ2n) is 7.52. The van der Waals surface area contributed by atoms with Gasteiger partial charge in [0, 0.05) is 31.7 Å². The zero-order valence-electron chi connectivity index (χ0n) is 15.8. The zero-order valence-corrected chi connectivity index (χ0v) is 15.8. The lowest BCUT2D eigenvalue weighted by molar-refractivity contribution is 0.114. The van der Waals surface area contributed by atoms with Crippen molar-refractivity contribution in [3.63, 3.8) is 0 Å². The molecule has 1 N–H and O–H groups in total. The van der Waals surface area contributed by atoms with E-state index in [2.05, 4.69) is 20.3 Å². The van der Waals surface area contributed by atoms with E-state index in [1.807, 2.05) is 19.1 Å². The number of fused-ring (bicyclic) bond motifs is 1. The number of benzene rings is 1. The summed E-state index contributed by atoms with van der Waals surface area (Å²) in [5, 5.41) is 7.33. The molecule has 0 radical (unpaired) electrons. The maximum Gasteiger partial charge on any atom is 0.248 e. The Morgan fingerprint density at radius 3 is 2.72 bits per heavy atom. The molecule has 2 unspecified atom stereocenters. The highest BCUT2D eigenvalue weighted by Gasteiger charge is 2.37. The fraction of sp³-hybridized carbons (Fsp3) is 0.350. The number of pyridine rings is 1. The molecular weight excluding hydrogens is 378 g/mol. The number of aromatic nitrogens is 4. The monoisotopic (exact) mass is 398 g/mol. The Hall–Kier alpha value is -3.07. The predicted octanol–water partition coefficient (Wildman–Crippen LogP) is 3.22. The van der Waals surface area contributed by atoms with Crippen LogP contribution in [0.3, 0.4) is 0 Å². The van der Waals surface area contributed by atoms with Crippen LogP contribution in [0.4, 0.5) is 26.4 Å². The van der Waals surface area contributed by atoms with Gasteiger partial charge in [0.1, 0.15) is 29.6 Å². The summed E-state index contributed by atoms with van der Waals surface area (Å²) in [6.07, 6.45) is 2.78. The first-order chi connectivity index (χ1) is 14.0. The number of hydrogen-bond acceptors (Lipinski definition) is 6. The van der Waals surface area contributed by atoms with E-state index in [1.54, 1.807) is 0 Å². The van der Waals surface area contributed by atoms with Crippen LogP contribution < -0.4 is 10.2 Å². The molecule has 150 valence electrons. The van der Waals surface area contributed by atoms with Gasteiger partial charge in [-0.25, -0.2) is 18.4 Å². The minimum Gasteiger partial charge on any atom is -0.376 e. The van der Waals surface area contributed by atoms with Gasteiger partial charge in [0.05, 0.1) is 11.8 Å². The van der Waals surface area contributed by atoms with Gasteiger partial charge in [-0.15, -0.1) is 5.10 Å². The summed E-state index contributed by atoms with van der Waals surface area (Å²) in [6, 6.07) is 7.15. The molecule has 0 amide bonds. The van der Waals surface area contributed by atoms with Gasteiger partial charge >= 0.3 is 0 Å². The van der Waals surface area contributed by atoms with E-state index in [9.17, 15) is 8.78 Å². The fourth-order valence-electron chi connectivity index (χ4n) is 3.97. The van der Waals surface area contributed by atoms with Crippen LogP contribution in [0.1, 0.15) is 12.0 Å². The van der Waals surface area contributed by atoms with Crippen LogP contribution in [0, 0.1) is 24.5 Å². The molecule has 0 saturated carbocycles. The molecule has 2 saturated heterocycles. The van der Waals surface area contributed by atoms with Crippen molar-refractivity contribution in [1.82, 2.24) is 19.7 Å². The number of hydrogen-bond donors (Lipinski definition) is 1. The Morgan fingerprint density at radius 1 is 1.10 bits per heavy atom. The minimum atomic E-state index is -0.672. The molecule has 2 aromatic heterocycles. The first-order valence-electron chi connectivity index (χ1n) is 9.54. The third-order valence-electron chi connectivity index (χ3n) is 5.33. The van der Waals surface area contributed by atoms with Gasteiger partial charge in [-0.05, 0) is 43.2 Å². The van der Waals surface area contributed by atoms with E-state index in [1.165, 1.54) is 23.1 Å². The first kappa shape index (κ1) is 18.0. The lowest BCUT2D eigenvalue weighted by atomic mass is 10.1. The number of nitrogens with one attached hydrogen (secondary N) is 1. The Labute approximate surface area is 166 Å². The summed E-state index contributed by atoms with van der Waals surface area (Å²) in [5.41, 5.74) is 1.31. The van der Waals surface area contributed by atoms with Crippen molar-refractivity contribution in [2.75, 3.05) is 29.9 Å². The number of aryl methyl sites for hydroxylation is 1. The highest BCUT2D eigenvalue weighted by molar-refractivity contribution is 5.55. The van der Waals surface area contributed by atoms with Gasteiger partial charge < -0.3 is 15.0 Å². The number of ether oxygens (including phenoxy) is 1. The molecular formula is C20H20F2N6O. The highest BCUT2D eigenvalue weighted by Crippen LogP contribution is 2.32. The van der Waals surface area contributed by atoms with Gasteiger partial charge in [-0.2, -0.15) is 4.98 Å². The lowest BCUT2D eigenvalue weighted by Gasteiger charge is -2.19. The standard InChI is InChI=1S/C20H20F2N6O/c1-12-4-18(24-19(5-12)27-9-13-2-3-29-17(13)10-27)25-20-23-11-28(26-20)16-7-14(21)6-15(22)8-16/h4-8,11,13,17H,2-3,9-10H2,1H3,(H,24,25,26). The van der Waals surface area contributed by atoms with Crippen molar-refractivity contribution in [3.8, 4) is 5.69 Å². The van der Waals surface area contributed by atoms with Gasteiger partial charge in [0.25, 0.3) is 0 Å². The van der Waals surface area contributed by atoms with Crippen LogP contribution in [0.2, 0.25) is 0 Å². The molecule has 2 atom stereocenters. The first-order valence-corrected chi connectivity index (χ1v) is 9.54. The fourth-order valence-corrected chi connectivity index (χ4v) is 3.97. The molecule has 29 heavy (non-hydrogen) atoms. The summed E-state index contributed by atoms with van der Waals surface area (Å²) in [6.45, 7) is 4.64. The Bertz CT molecular complexity index is 1020. The molecule has 1 aromatic carbocycles. The van der Waals surface area contributed by atoms with Crippen molar-refractivity contribution >= 4 is 17.6 Å². The average molecular weight is 398 g/mol. The van der Waals surface area contributed by atoms with Crippen molar-refractivity contribution in [2.45, 2.75) is 19.4 Å². The molecule has 0 aliphatic carbocycles. The molecule has 4 heterocycles. The molecule has 3 aromatic rings. The van der Waals surface area contributed by atoms with Gasteiger partial charge in [-0.1, -0.05) is 0 Å². The van der Waals surface area contributed by atoms with Crippen LogP contribution in [-0.4, -0.2) is 45.5 Å². The largest absolute Gasteiger partial charge is 0.376 e. The van der Waals surface area contributed by atoms with E-state index in [4.69, 9.17) is 9.72 Å². The van der Waals surface area contributed by atoms with E-state index >= 15 is 0 Å². The summed E-state index contributed by atoms with van der Waals surface area (Å²) in [7, 11) is 0. The van der Waals surface area contributed by atoms with Crippen molar-refractivity contribution in [3.05, 3.63) is 53.9 Å². The Balaban J connectivity index is 1.36. The number of anilines is 3. The molecule has 2 aliphatic heterocycles. The second kappa shape index (κ2) is 7.07. The van der Waals surface area contributed by atoms with Crippen LogP contribution >= 0.6 is 0 Å². The van der Waals surface area contributed by atoms with E-state index in [0.29, 0.717) is 17.7 Å². The maximum absolute atomic E-state index is 13.4. The Kier molecular flexibility index (Phi) is 4.39. The molecule has 2 aliphatic rings. The molecule has 5 rings (SSSR count). The summed E-state index contributed by atoms with van der Waals surface area (Å²) >= 11 is 0. The molecule has 0 spiro atoms. The molecule has 9 heteroatoms. The summed E-state index contributed by atoms with van der Waals surface area (Å²) in [5.74, 6) is 1.01. The van der Waals surface area contributed by atoms with Crippen LogP contribution in [0.25, 0.3) is 5.69 Å². The Morgan fingerprint density at radius 2 is 1.93 bits per heavy atom. The van der Waals surface area contributed by atoms with Crippen LogP contribution in [-0.2, 0) is 4.74 Å². The van der Waals surface area contributed by atoms with E-state index in [-0.39, 0.29) is 11.8 Å². The van der Waals surface area contributed by atoms with Crippen LogP contribution in [0.15, 0.2) is 36.7 Å². The molecule has 0 bridgehead atoms. The number of nitrogens with zero attached hydrogens (tertiary/aromatic N) is 5. The SMILES string of the molecule is Cc1cc(Nc2ncn(-c3cc(F)cc(F)c3)n2)nc(N2CC3CCOC3C2)c1. The third-order valence-corrected chi connectivity index (χ3v) is 5.33. The summed E-state index contributed by atoms with van der Waals surface area (Å²) in [4.78, 5) is 11.1. The van der Waals surface area contributed by atoms with Crippen molar-refractivity contribution < 1.29 is 13.5 Å². The number of rotatable bonds is 4. The summed E-state index contributed by atoms with van der Waals surface area (Å²) < 4.78 is 34.0. The number of halogens is 2. The highest BCUT2D eigenvalue weighted by atomic mass is 19.1.